The molecule has 44 heavy (non-hydrogen) atoms. The summed E-state index contributed by atoms with van der Waals surface area (Å²) in [5.41, 5.74) is 6.72. The fourth-order valence-electron chi connectivity index (χ4n) is 4.91. The number of carboxylic acid groups (broad SMARTS) is 1. The van der Waals surface area contributed by atoms with Crippen LogP contribution in [-0.4, -0.2) is 34.3 Å². The summed E-state index contributed by atoms with van der Waals surface area (Å²) in [6.07, 6.45) is 12.5. The Bertz CT molecular complexity index is 1260. The molecule has 0 aromatic heterocycles. The molecule has 0 radical (unpaired) electrons. The van der Waals surface area contributed by atoms with Gasteiger partial charge in [0.15, 0.2) is 0 Å². The summed E-state index contributed by atoms with van der Waals surface area (Å²) in [6.45, 7) is 3.51. The molecule has 0 aliphatic carbocycles. The Morgan fingerprint density at radius 3 is 1.80 bits per heavy atom. The number of carbonyl (C=O) groups is 3. The third-order valence-corrected chi connectivity index (χ3v) is 7.47. The van der Waals surface area contributed by atoms with Crippen molar-refractivity contribution < 1.29 is 24.3 Å². The number of nitrogens with zero attached hydrogens (tertiary/aromatic N) is 1. The van der Waals surface area contributed by atoms with Crippen molar-refractivity contribution in [2.24, 2.45) is 0 Å². The number of benzene rings is 3. The smallest absolute Gasteiger partial charge is 0.394 e. The Kier molecular flexibility index (Phi) is 15.5. The number of anilines is 1. The van der Waals surface area contributed by atoms with Crippen LogP contribution in [0.25, 0.3) is 0 Å². The van der Waals surface area contributed by atoms with Gasteiger partial charge in [-0.2, -0.15) is 0 Å². The fraction of sp³-hybridized carbons (Fsp3) is 0.417. The molecule has 3 aromatic carbocycles. The summed E-state index contributed by atoms with van der Waals surface area (Å²) >= 11 is 0. The molecule has 236 valence electrons. The SMILES string of the molecule is CCCCCCCCCCCCNC(=O)c1ccc(CN(Cc2ccc(NOCc3ccccc3)cc2)C(=O)C(=O)O)cc1. The first-order valence-corrected chi connectivity index (χ1v) is 15.9. The summed E-state index contributed by atoms with van der Waals surface area (Å²) in [6, 6.07) is 24.0. The Labute approximate surface area is 261 Å². The fourth-order valence-corrected chi connectivity index (χ4v) is 4.91. The Morgan fingerprint density at radius 2 is 1.23 bits per heavy atom. The van der Waals surface area contributed by atoms with Gasteiger partial charge in [0.1, 0.15) is 0 Å². The van der Waals surface area contributed by atoms with E-state index >= 15 is 0 Å². The molecule has 0 spiro atoms. The van der Waals surface area contributed by atoms with Crippen LogP contribution >= 0.6 is 0 Å². The van der Waals surface area contributed by atoms with E-state index in [1.165, 1.54) is 56.3 Å². The van der Waals surface area contributed by atoms with E-state index < -0.39 is 11.9 Å². The molecule has 0 aliphatic rings. The Morgan fingerprint density at radius 1 is 0.682 bits per heavy atom. The van der Waals surface area contributed by atoms with Gasteiger partial charge in [0.25, 0.3) is 5.91 Å². The van der Waals surface area contributed by atoms with Gasteiger partial charge in [-0.1, -0.05) is 119 Å². The molecule has 0 atom stereocenters. The number of carboxylic acids is 1. The van der Waals surface area contributed by atoms with Gasteiger partial charge in [0.05, 0.1) is 12.3 Å². The highest BCUT2D eigenvalue weighted by Crippen LogP contribution is 2.16. The molecule has 0 unspecified atom stereocenters. The van der Waals surface area contributed by atoms with E-state index in [1.54, 1.807) is 24.3 Å². The first-order valence-electron chi connectivity index (χ1n) is 15.9. The summed E-state index contributed by atoms with van der Waals surface area (Å²) in [4.78, 5) is 43.4. The molecule has 0 fully saturated rings. The second-order valence-electron chi connectivity index (χ2n) is 11.2. The molecule has 0 bridgehead atoms. The van der Waals surface area contributed by atoms with Crippen molar-refractivity contribution >= 4 is 23.5 Å². The van der Waals surface area contributed by atoms with Gasteiger partial charge in [-0.05, 0) is 47.4 Å². The highest BCUT2D eigenvalue weighted by atomic mass is 16.6. The van der Waals surface area contributed by atoms with Crippen LogP contribution in [0.1, 0.15) is 98.2 Å². The molecular weight excluding hydrogens is 554 g/mol. The highest BCUT2D eigenvalue weighted by Gasteiger charge is 2.21. The van der Waals surface area contributed by atoms with Gasteiger partial charge in [-0.3, -0.25) is 19.9 Å². The highest BCUT2D eigenvalue weighted by molar-refractivity contribution is 6.31. The van der Waals surface area contributed by atoms with E-state index in [2.05, 4.69) is 17.7 Å². The van der Waals surface area contributed by atoms with Crippen molar-refractivity contribution in [2.45, 2.75) is 90.8 Å². The minimum atomic E-state index is -1.51. The van der Waals surface area contributed by atoms with Crippen LogP contribution in [0.3, 0.4) is 0 Å². The van der Waals surface area contributed by atoms with Gasteiger partial charge in [-0.15, -0.1) is 0 Å². The molecule has 8 nitrogen and oxygen atoms in total. The predicted octanol–water partition coefficient (Wildman–Crippen LogP) is 7.49. The minimum absolute atomic E-state index is 0.103. The lowest BCUT2D eigenvalue weighted by atomic mass is 10.1. The topological polar surface area (TPSA) is 108 Å². The molecule has 0 saturated heterocycles. The van der Waals surface area contributed by atoms with Crippen LogP contribution in [0.4, 0.5) is 5.69 Å². The largest absolute Gasteiger partial charge is 0.474 e. The van der Waals surface area contributed by atoms with E-state index in [0.29, 0.717) is 18.7 Å². The van der Waals surface area contributed by atoms with Gasteiger partial charge in [0.2, 0.25) is 0 Å². The number of aliphatic carboxylic acids is 1. The van der Waals surface area contributed by atoms with E-state index in [1.807, 2.05) is 54.6 Å². The second-order valence-corrected chi connectivity index (χ2v) is 11.2. The van der Waals surface area contributed by atoms with Crippen molar-refractivity contribution in [2.75, 3.05) is 12.0 Å². The molecule has 8 heteroatoms. The molecule has 3 rings (SSSR count). The van der Waals surface area contributed by atoms with Crippen molar-refractivity contribution in [1.29, 1.82) is 0 Å². The summed E-state index contributed by atoms with van der Waals surface area (Å²) < 4.78 is 0. The summed E-state index contributed by atoms with van der Waals surface area (Å²) in [5, 5.41) is 12.4. The van der Waals surface area contributed by atoms with Crippen LogP contribution in [0, 0.1) is 0 Å². The number of hydrogen-bond acceptors (Lipinski definition) is 5. The molecular formula is C36H47N3O5. The van der Waals surface area contributed by atoms with Gasteiger partial charge < -0.3 is 15.3 Å². The number of carbonyl (C=O) groups excluding carboxylic acids is 2. The van der Waals surface area contributed by atoms with E-state index in [9.17, 15) is 19.5 Å². The molecule has 0 aliphatic heterocycles. The van der Waals surface area contributed by atoms with Crippen LogP contribution in [-0.2, 0) is 34.1 Å². The summed E-state index contributed by atoms with van der Waals surface area (Å²) in [7, 11) is 0. The lowest BCUT2D eigenvalue weighted by Crippen LogP contribution is -2.35. The zero-order valence-corrected chi connectivity index (χ0v) is 25.9. The number of amides is 2. The normalized spacial score (nSPS) is 10.8. The van der Waals surface area contributed by atoms with Gasteiger partial charge in [0, 0.05) is 25.2 Å². The summed E-state index contributed by atoms with van der Waals surface area (Å²) in [5.74, 6) is -2.63. The van der Waals surface area contributed by atoms with Crippen LogP contribution in [0.15, 0.2) is 78.9 Å². The lowest BCUT2D eigenvalue weighted by molar-refractivity contribution is -0.156. The molecule has 0 saturated carbocycles. The average molecular weight is 602 g/mol. The first-order chi connectivity index (χ1) is 21.5. The zero-order valence-electron chi connectivity index (χ0n) is 25.9. The van der Waals surface area contributed by atoms with Crippen LogP contribution < -0.4 is 10.8 Å². The molecule has 3 N–H and O–H groups in total. The second kappa shape index (κ2) is 19.9. The maximum atomic E-state index is 12.6. The Balaban J connectivity index is 1.41. The third kappa shape index (κ3) is 13.0. The van der Waals surface area contributed by atoms with E-state index in [-0.39, 0.29) is 19.0 Å². The van der Waals surface area contributed by atoms with E-state index in [0.717, 1.165) is 35.2 Å². The zero-order chi connectivity index (χ0) is 31.4. The van der Waals surface area contributed by atoms with Gasteiger partial charge >= 0.3 is 11.9 Å². The standard InChI is InChI=1S/C36H47N3O5/c1-2-3-4-5-6-7-8-9-10-14-25-37-34(40)32-21-17-29(18-22-32)26-39(35(41)36(42)43)27-30-19-23-33(24-20-30)38-44-28-31-15-12-11-13-16-31/h11-13,15-24,38H,2-10,14,25-28H2,1H3,(H,37,40)(H,42,43). The average Bonchev–Trinajstić information content (AvgIpc) is 3.04. The van der Waals surface area contributed by atoms with Crippen molar-refractivity contribution in [3.8, 4) is 0 Å². The van der Waals surface area contributed by atoms with Crippen LogP contribution in [0.5, 0.6) is 0 Å². The predicted molar refractivity (Wildman–Crippen MR) is 174 cm³/mol. The van der Waals surface area contributed by atoms with E-state index in [4.69, 9.17) is 4.84 Å². The van der Waals surface area contributed by atoms with Crippen molar-refractivity contribution in [3.05, 3.63) is 101 Å². The number of rotatable bonds is 20. The molecule has 0 heterocycles. The number of hydrogen-bond donors (Lipinski definition) is 3. The maximum absolute atomic E-state index is 12.6. The first kappa shape index (κ1) is 34.3. The molecule has 3 aromatic rings. The van der Waals surface area contributed by atoms with Gasteiger partial charge in [-0.25, -0.2) is 4.79 Å². The Hall–Kier alpha value is -4.17. The maximum Gasteiger partial charge on any atom is 0.394 e. The van der Waals surface area contributed by atoms with Crippen molar-refractivity contribution in [1.82, 2.24) is 10.2 Å². The third-order valence-electron chi connectivity index (χ3n) is 7.47. The number of nitrogens with one attached hydrogen (secondary N) is 2. The number of unbranched alkanes of at least 4 members (excludes halogenated alkanes) is 9. The van der Waals surface area contributed by atoms with Crippen LogP contribution in [0.2, 0.25) is 0 Å². The monoisotopic (exact) mass is 601 g/mol. The minimum Gasteiger partial charge on any atom is -0.474 e. The quantitative estimate of drug-likeness (QED) is 0.0703. The molecule has 2 amide bonds. The lowest BCUT2D eigenvalue weighted by Gasteiger charge is -2.21. The van der Waals surface area contributed by atoms with Crippen molar-refractivity contribution in [3.63, 3.8) is 0 Å².